The molecule has 0 aliphatic heterocycles. The number of rotatable bonds is 1. The first-order valence-electron chi connectivity index (χ1n) is 2.80. The highest BCUT2D eigenvalue weighted by Crippen LogP contribution is 2.12. The number of nitrogens with zero attached hydrogens (tertiary/aromatic N) is 2. The molecule has 0 saturated heterocycles. The lowest BCUT2D eigenvalue weighted by atomic mass is 10.5. The van der Waals surface area contributed by atoms with Crippen LogP contribution in [0.4, 0.5) is 17.5 Å². The number of nitrogens with one attached hydrogen (secondary N) is 1. The maximum Gasteiger partial charge on any atom is 0.222 e. The Morgan fingerprint density at radius 2 is 2.09 bits per heavy atom. The highest BCUT2D eigenvalue weighted by Gasteiger charge is 1.97. The minimum Gasteiger partial charge on any atom is -0.384 e. The van der Waals surface area contributed by atoms with Crippen molar-refractivity contribution >= 4 is 29.9 Å². The van der Waals surface area contributed by atoms with Gasteiger partial charge in [-0.15, -0.1) is 12.4 Å². The lowest BCUT2D eigenvalue weighted by Crippen LogP contribution is -2.02. The molecule has 1 aromatic rings. The molecule has 0 aliphatic rings. The molecule has 0 spiro atoms. The second-order valence-corrected chi connectivity index (χ2v) is 1.78. The van der Waals surface area contributed by atoms with Gasteiger partial charge in [0, 0.05) is 7.05 Å². The van der Waals surface area contributed by atoms with E-state index in [0.29, 0.717) is 11.5 Å². The van der Waals surface area contributed by atoms with E-state index in [1.165, 1.54) is 6.20 Å². The molecule has 62 valence electrons. The Bertz CT molecular complexity index is 238. The van der Waals surface area contributed by atoms with Crippen molar-refractivity contribution in [3.63, 3.8) is 0 Å². The molecule has 1 aromatic heterocycles. The van der Waals surface area contributed by atoms with Crippen molar-refractivity contribution in [3.05, 3.63) is 6.20 Å². The fourth-order valence-corrected chi connectivity index (χ4v) is 0.602. The number of hydrogen-bond donors (Lipinski definition) is 3. The van der Waals surface area contributed by atoms with Crippen molar-refractivity contribution in [1.82, 2.24) is 9.97 Å². The average Bonchev–Trinajstić information content (AvgIpc) is 1.88. The Kier molecular flexibility index (Phi) is 3.39. The van der Waals surface area contributed by atoms with E-state index >= 15 is 0 Å². The standard InChI is InChI=1S/C5H9N5.ClH/c1-8-3-2-9-5(7)10-4(3)6;/h2,8H,1H3,(H4,6,7,9,10);1H. The molecule has 5 nitrogen and oxygen atoms in total. The Balaban J connectivity index is 0.000001000. The van der Waals surface area contributed by atoms with E-state index in [-0.39, 0.29) is 18.4 Å². The van der Waals surface area contributed by atoms with Gasteiger partial charge < -0.3 is 16.8 Å². The second-order valence-electron chi connectivity index (χ2n) is 1.78. The second kappa shape index (κ2) is 3.82. The molecule has 0 fully saturated rings. The predicted molar refractivity (Wildman–Crippen MR) is 47.7 cm³/mol. The van der Waals surface area contributed by atoms with Gasteiger partial charge in [0.15, 0.2) is 5.82 Å². The SMILES string of the molecule is CNc1cnc(N)nc1N.Cl. The smallest absolute Gasteiger partial charge is 0.222 e. The molecule has 0 saturated carbocycles. The predicted octanol–water partition coefficient (Wildman–Crippen LogP) is 0.104. The van der Waals surface area contributed by atoms with Gasteiger partial charge in [-0.3, -0.25) is 0 Å². The third-order valence-corrected chi connectivity index (χ3v) is 1.11. The maximum atomic E-state index is 5.44. The number of hydrogen-bond acceptors (Lipinski definition) is 5. The van der Waals surface area contributed by atoms with Gasteiger partial charge in [0.05, 0.1) is 11.9 Å². The van der Waals surface area contributed by atoms with Crippen molar-refractivity contribution in [2.45, 2.75) is 0 Å². The molecule has 0 atom stereocenters. The summed E-state index contributed by atoms with van der Waals surface area (Å²) in [5.41, 5.74) is 11.4. The molecule has 0 aliphatic carbocycles. The molecule has 0 unspecified atom stereocenters. The van der Waals surface area contributed by atoms with Gasteiger partial charge in [0.2, 0.25) is 5.95 Å². The minimum atomic E-state index is 0. The molecule has 0 bridgehead atoms. The van der Waals surface area contributed by atoms with Crippen molar-refractivity contribution in [2.24, 2.45) is 0 Å². The zero-order valence-electron chi connectivity index (χ0n) is 6.03. The first-order valence-corrected chi connectivity index (χ1v) is 2.80. The van der Waals surface area contributed by atoms with E-state index in [4.69, 9.17) is 11.5 Å². The zero-order chi connectivity index (χ0) is 7.56. The number of nitrogens with two attached hydrogens (primary N) is 2. The van der Waals surface area contributed by atoms with Gasteiger partial charge in [-0.05, 0) is 0 Å². The number of halogens is 1. The zero-order valence-corrected chi connectivity index (χ0v) is 6.85. The van der Waals surface area contributed by atoms with Crippen LogP contribution in [0, 0.1) is 0 Å². The van der Waals surface area contributed by atoms with E-state index < -0.39 is 0 Å². The molecule has 6 heteroatoms. The summed E-state index contributed by atoms with van der Waals surface area (Å²) in [4.78, 5) is 7.46. The van der Waals surface area contributed by atoms with Gasteiger partial charge in [-0.2, -0.15) is 4.98 Å². The summed E-state index contributed by atoms with van der Waals surface area (Å²) >= 11 is 0. The van der Waals surface area contributed by atoms with Crippen LogP contribution in [0.25, 0.3) is 0 Å². The largest absolute Gasteiger partial charge is 0.384 e. The molecule has 5 N–H and O–H groups in total. The topological polar surface area (TPSA) is 89.8 Å². The van der Waals surface area contributed by atoms with Crippen molar-refractivity contribution in [2.75, 3.05) is 23.8 Å². The summed E-state index contributed by atoms with van der Waals surface area (Å²) in [7, 11) is 1.74. The third-order valence-electron chi connectivity index (χ3n) is 1.11. The maximum absolute atomic E-state index is 5.44. The Labute approximate surface area is 70.6 Å². The highest BCUT2D eigenvalue weighted by atomic mass is 35.5. The van der Waals surface area contributed by atoms with Crippen LogP contribution in [0.3, 0.4) is 0 Å². The molecule has 0 aromatic carbocycles. The van der Waals surface area contributed by atoms with Gasteiger partial charge in [0.1, 0.15) is 0 Å². The average molecular weight is 176 g/mol. The summed E-state index contributed by atoms with van der Waals surface area (Å²) in [6.45, 7) is 0. The van der Waals surface area contributed by atoms with Crippen LogP contribution in [-0.2, 0) is 0 Å². The van der Waals surface area contributed by atoms with Gasteiger partial charge in [-0.1, -0.05) is 0 Å². The molecule has 0 radical (unpaired) electrons. The summed E-state index contributed by atoms with van der Waals surface area (Å²) in [6, 6.07) is 0. The van der Waals surface area contributed by atoms with E-state index in [1.54, 1.807) is 7.05 Å². The van der Waals surface area contributed by atoms with Crippen LogP contribution in [0.1, 0.15) is 0 Å². The summed E-state index contributed by atoms with van der Waals surface area (Å²) in [6.07, 6.45) is 1.54. The van der Waals surface area contributed by atoms with E-state index in [2.05, 4.69) is 15.3 Å². The fraction of sp³-hybridized carbons (Fsp3) is 0.200. The van der Waals surface area contributed by atoms with E-state index in [9.17, 15) is 0 Å². The Morgan fingerprint density at radius 1 is 1.45 bits per heavy atom. The fourth-order valence-electron chi connectivity index (χ4n) is 0.602. The van der Waals surface area contributed by atoms with Crippen LogP contribution in [0.2, 0.25) is 0 Å². The lowest BCUT2D eigenvalue weighted by Gasteiger charge is -2.01. The highest BCUT2D eigenvalue weighted by molar-refractivity contribution is 5.85. The van der Waals surface area contributed by atoms with Gasteiger partial charge >= 0.3 is 0 Å². The van der Waals surface area contributed by atoms with Gasteiger partial charge in [0.25, 0.3) is 0 Å². The van der Waals surface area contributed by atoms with Crippen LogP contribution in [0.15, 0.2) is 6.20 Å². The minimum absolute atomic E-state index is 0. The monoisotopic (exact) mass is 175 g/mol. The normalized spacial score (nSPS) is 8.45. The molecule has 1 rings (SSSR count). The third kappa shape index (κ3) is 2.12. The summed E-state index contributed by atoms with van der Waals surface area (Å²) in [5, 5.41) is 2.82. The number of anilines is 3. The van der Waals surface area contributed by atoms with E-state index in [0.717, 1.165) is 0 Å². The Hall–Kier alpha value is -1.23. The number of nitrogen functional groups attached to an aromatic ring is 2. The van der Waals surface area contributed by atoms with Crippen molar-refractivity contribution in [3.8, 4) is 0 Å². The quantitative estimate of drug-likeness (QED) is 0.564. The number of aromatic nitrogens is 2. The molecular weight excluding hydrogens is 166 g/mol. The molecular formula is C5H10ClN5. The molecule has 11 heavy (non-hydrogen) atoms. The van der Waals surface area contributed by atoms with Gasteiger partial charge in [-0.25, -0.2) is 4.98 Å². The van der Waals surface area contributed by atoms with E-state index in [1.807, 2.05) is 0 Å². The van der Waals surface area contributed by atoms with Crippen LogP contribution < -0.4 is 16.8 Å². The Morgan fingerprint density at radius 3 is 2.55 bits per heavy atom. The molecule has 1 heterocycles. The molecule has 0 amide bonds. The first kappa shape index (κ1) is 9.77. The summed E-state index contributed by atoms with van der Waals surface area (Å²) in [5.74, 6) is 0.562. The first-order chi connectivity index (χ1) is 4.74. The van der Waals surface area contributed by atoms with Crippen molar-refractivity contribution in [1.29, 1.82) is 0 Å². The van der Waals surface area contributed by atoms with Crippen LogP contribution >= 0.6 is 12.4 Å². The lowest BCUT2D eigenvalue weighted by molar-refractivity contribution is 1.19. The summed E-state index contributed by atoms with van der Waals surface area (Å²) < 4.78 is 0. The van der Waals surface area contributed by atoms with Crippen molar-refractivity contribution < 1.29 is 0 Å². The van der Waals surface area contributed by atoms with Crippen LogP contribution in [0.5, 0.6) is 0 Å². The van der Waals surface area contributed by atoms with Crippen LogP contribution in [-0.4, -0.2) is 17.0 Å².